The van der Waals surface area contributed by atoms with Gasteiger partial charge in [0.2, 0.25) is 0 Å². The summed E-state index contributed by atoms with van der Waals surface area (Å²) in [5.74, 6) is 0. The number of anilines is 1. The lowest BCUT2D eigenvalue weighted by molar-refractivity contribution is 0.0443. The Morgan fingerprint density at radius 1 is 1.03 bits per heavy atom. The number of rotatable bonds is 13. The van der Waals surface area contributed by atoms with E-state index in [2.05, 4.69) is 20.4 Å². The predicted molar refractivity (Wildman–Crippen MR) is 140 cm³/mol. The zero-order chi connectivity index (χ0) is 24.9. The first-order valence-corrected chi connectivity index (χ1v) is 12.4. The van der Waals surface area contributed by atoms with Crippen LogP contribution in [0.4, 0.5) is 10.5 Å². The van der Waals surface area contributed by atoms with Crippen molar-refractivity contribution >= 4 is 11.7 Å². The number of hydrogen-bond donors (Lipinski definition) is 3. The molecule has 1 aliphatic heterocycles. The Bertz CT molecular complexity index is 866. The molecule has 8 nitrogen and oxygen atoms in total. The van der Waals surface area contributed by atoms with Gasteiger partial charge in [0.25, 0.3) is 0 Å². The van der Waals surface area contributed by atoms with Gasteiger partial charge in [-0.25, -0.2) is 4.79 Å². The first kappa shape index (κ1) is 27.1. The Morgan fingerprint density at radius 2 is 1.66 bits per heavy atom. The molecular weight excluding hydrogens is 444 g/mol. The smallest absolute Gasteiger partial charge is 0.319 e. The first-order valence-electron chi connectivity index (χ1n) is 12.4. The second kappa shape index (κ2) is 14.8. The molecule has 35 heavy (non-hydrogen) atoms. The minimum absolute atomic E-state index is 0.118. The summed E-state index contributed by atoms with van der Waals surface area (Å²) in [6.45, 7) is 5.71. The van der Waals surface area contributed by atoms with Gasteiger partial charge in [-0.2, -0.15) is 0 Å². The molecule has 1 atom stereocenters. The summed E-state index contributed by atoms with van der Waals surface area (Å²) in [6.07, 6.45) is 1.28. The number of urea groups is 1. The summed E-state index contributed by atoms with van der Waals surface area (Å²) in [5, 5.41) is 16.8. The molecule has 192 valence electrons. The fourth-order valence-electron chi connectivity index (χ4n) is 4.45. The molecule has 0 aliphatic carbocycles. The summed E-state index contributed by atoms with van der Waals surface area (Å²) in [7, 11) is 3.37. The number of para-hydroxylation sites is 1. The average molecular weight is 485 g/mol. The lowest BCUT2D eigenvalue weighted by Crippen LogP contribution is -2.49. The van der Waals surface area contributed by atoms with Crippen molar-refractivity contribution in [3.05, 3.63) is 54.6 Å². The number of carbonyl (C=O) groups is 1. The molecule has 0 saturated carbocycles. The third-order valence-electron chi connectivity index (χ3n) is 6.34. The van der Waals surface area contributed by atoms with E-state index in [9.17, 15) is 9.90 Å². The van der Waals surface area contributed by atoms with Gasteiger partial charge in [0.05, 0.1) is 25.0 Å². The molecule has 0 radical (unpaired) electrons. The number of ether oxygens (including phenoxy) is 2. The van der Waals surface area contributed by atoms with Crippen molar-refractivity contribution in [3.63, 3.8) is 0 Å². The van der Waals surface area contributed by atoms with E-state index >= 15 is 0 Å². The highest BCUT2D eigenvalue weighted by Gasteiger charge is 2.23. The largest absolute Gasteiger partial charge is 0.390 e. The van der Waals surface area contributed by atoms with Gasteiger partial charge in [-0.05, 0) is 24.5 Å². The van der Waals surface area contributed by atoms with Crippen molar-refractivity contribution in [2.45, 2.75) is 25.0 Å². The van der Waals surface area contributed by atoms with Crippen LogP contribution in [-0.4, -0.2) is 99.8 Å². The molecule has 1 saturated heterocycles. The van der Waals surface area contributed by atoms with Crippen LogP contribution in [0.5, 0.6) is 0 Å². The van der Waals surface area contributed by atoms with Crippen LogP contribution in [0.3, 0.4) is 0 Å². The van der Waals surface area contributed by atoms with Crippen LogP contribution in [-0.2, 0) is 9.47 Å². The average Bonchev–Trinajstić information content (AvgIpc) is 2.87. The van der Waals surface area contributed by atoms with Crippen molar-refractivity contribution in [3.8, 4) is 11.1 Å². The van der Waals surface area contributed by atoms with E-state index in [1.54, 1.807) is 14.2 Å². The molecule has 1 fully saturated rings. The minimum atomic E-state index is -0.439. The second-order valence-corrected chi connectivity index (χ2v) is 9.02. The third kappa shape index (κ3) is 9.23. The molecule has 0 spiro atoms. The number of nitrogens with zero attached hydrogens (tertiary/aromatic N) is 2. The number of nitrogens with one attached hydrogen (secondary N) is 2. The van der Waals surface area contributed by atoms with Gasteiger partial charge in [-0.3, -0.25) is 4.90 Å². The Morgan fingerprint density at radius 3 is 2.31 bits per heavy atom. The van der Waals surface area contributed by atoms with E-state index in [1.165, 1.54) is 0 Å². The van der Waals surface area contributed by atoms with Crippen LogP contribution in [0.2, 0.25) is 0 Å². The molecule has 3 N–H and O–H groups in total. The van der Waals surface area contributed by atoms with E-state index in [1.807, 2.05) is 54.6 Å². The van der Waals surface area contributed by atoms with Crippen molar-refractivity contribution in [2.75, 3.05) is 72.0 Å². The highest BCUT2D eigenvalue weighted by atomic mass is 16.5. The first-order chi connectivity index (χ1) is 17.1. The van der Waals surface area contributed by atoms with Crippen LogP contribution in [0, 0.1) is 0 Å². The van der Waals surface area contributed by atoms with Crippen molar-refractivity contribution in [2.24, 2.45) is 0 Å². The molecule has 0 bridgehead atoms. The highest BCUT2D eigenvalue weighted by Crippen LogP contribution is 2.27. The lowest BCUT2D eigenvalue weighted by atomic mass is 10.0. The Balaban J connectivity index is 1.42. The lowest BCUT2D eigenvalue weighted by Gasteiger charge is -2.34. The van der Waals surface area contributed by atoms with Crippen LogP contribution in [0.25, 0.3) is 11.1 Å². The van der Waals surface area contributed by atoms with Gasteiger partial charge in [-0.15, -0.1) is 0 Å². The summed E-state index contributed by atoms with van der Waals surface area (Å²) in [4.78, 5) is 17.2. The quantitative estimate of drug-likeness (QED) is 0.405. The molecule has 2 amide bonds. The van der Waals surface area contributed by atoms with Crippen molar-refractivity contribution in [1.29, 1.82) is 0 Å². The number of hydrogen-bond acceptors (Lipinski definition) is 6. The minimum Gasteiger partial charge on any atom is -0.390 e. The van der Waals surface area contributed by atoms with Crippen LogP contribution < -0.4 is 10.6 Å². The number of carbonyl (C=O) groups excluding carboxylic acids is 1. The van der Waals surface area contributed by atoms with Crippen LogP contribution >= 0.6 is 0 Å². The molecule has 1 unspecified atom stereocenters. The monoisotopic (exact) mass is 484 g/mol. The maximum atomic E-state index is 12.7. The zero-order valence-electron chi connectivity index (χ0n) is 21.0. The van der Waals surface area contributed by atoms with Gasteiger partial charge in [0.15, 0.2) is 0 Å². The SMILES string of the molecule is COCCN(CCOC)CC(O)CN1CCC(NC(=O)Nc2ccccc2-c2ccccc2)CC1. The fourth-order valence-corrected chi connectivity index (χ4v) is 4.45. The second-order valence-electron chi connectivity index (χ2n) is 9.02. The van der Waals surface area contributed by atoms with Gasteiger partial charge in [0.1, 0.15) is 0 Å². The van der Waals surface area contributed by atoms with Crippen LogP contribution in [0.1, 0.15) is 12.8 Å². The number of β-amino-alcohol motifs (C(OH)–C–C–N with tert-alkyl or cyclic N) is 1. The molecule has 2 aromatic rings. The zero-order valence-corrected chi connectivity index (χ0v) is 21.0. The number of piperidine rings is 1. The predicted octanol–water partition coefficient (Wildman–Crippen LogP) is 2.90. The molecular formula is C27H40N4O4. The standard InChI is InChI=1S/C27H40N4O4/c1-34-18-16-31(17-19-35-2)21-24(32)20-30-14-12-23(13-15-30)28-27(33)29-26-11-7-6-10-25(26)22-8-4-3-5-9-22/h3-11,23-24,32H,12-21H2,1-2H3,(H2,28,29,33). The summed E-state index contributed by atoms with van der Waals surface area (Å²) >= 11 is 0. The fraction of sp³-hybridized carbons (Fsp3) is 0.519. The van der Waals surface area contributed by atoms with Gasteiger partial charge in [0, 0.05) is 65.1 Å². The maximum Gasteiger partial charge on any atom is 0.319 e. The number of amides is 2. The number of aliphatic hydroxyl groups is 1. The highest BCUT2D eigenvalue weighted by molar-refractivity contribution is 5.94. The Hall–Kier alpha value is -2.49. The summed E-state index contributed by atoms with van der Waals surface area (Å²) < 4.78 is 10.4. The number of benzene rings is 2. The van der Waals surface area contributed by atoms with E-state index in [4.69, 9.17) is 9.47 Å². The Kier molecular flexibility index (Phi) is 11.5. The third-order valence-corrected chi connectivity index (χ3v) is 6.34. The van der Waals surface area contributed by atoms with E-state index < -0.39 is 6.10 Å². The van der Waals surface area contributed by atoms with Crippen LogP contribution in [0.15, 0.2) is 54.6 Å². The van der Waals surface area contributed by atoms with Gasteiger partial charge < -0.3 is 30.1 Å². The Labute approximate surface area is 209 Å². The molecule has 1 heterocycles. The maximum absolute atomic E-state index is 12.7. The topological polar surface area (TPSA) is 86.3 Å². The molecule has 3 rings (SSSR count). The molecule has 0 aromatic heterocycles. The van der Waals surface area contributed by atoms with Gasteiger partial charge in [-0.1, -0.05) is 48.5 Å². The number of aliphatic hydroxyl groups excluding tert-OH is 1. The molecule has 1 aliphatic rings. The molecule has 2 aromatic carbocycles. The number of likely N-dealkylation sites (tertiary alicyclic amines) is 1. The normalized spacial score (nSPS) is 15.8. The molecule has 8 heteroatoms. The van der Waals surface area contributed by atoms with E-state index in [0.29, 0.717) is 26.3 Å². The summed E-state index contributed by atoms with van der Waals surface area (Å²) in [5.41, 5.74) is 2.86. The van der Waals surface area contributed by atoms with E-state index in [-0.39, 0.29) is 12.1 Å². The van der Waals surface area contributed by atoms with E-state index in [0.717, 1.165) is 55.8 Å². The van der Waals surface area contributed by atoms with Gasteiger partial charge >= 0.3 is 6.03 Å². The van der Waals surface area contributed by atoms with Crippen molar-refractivity contribution < 1.29 is 19.4 Å². The number of methoxy groups -OCH3 is 2. The summed E-state index contributed by atoms with van der Waals surface area (Å²) in [6, 6.07) is 17.8. The van der Waals surface area contributed by atoms with Crippen molar-refractivity contribution in [1.82, 2.24) is 15.1 Å².